The van der Waals surface area contributed by atoms with Crippen molar-refractivity contribution in [3.63, 3.8) is 0 Å². The van der Waals surface area contributed by atoms with Crippen molar-refractivity contribution in [1.29, 1.82) is 0 Å². The lowest BCUT2D eigenvalue weighted by molar-refractivity contribution is 0.0177. The summed E-state index contributed by atoms with van der Waals surface area (Å²) in [6, 6.07) is 0. The van der Waals surface area contributed by atoms with Gasteiger partial charge in [0, 0.05) is 32.7 Å². The van der Waals surface area contributed by atoms with Crippen molar-refractivity contribution in [2.75, 3.05) is 32.7 Å². The molecule has 1 rings (SSSR count). The van der Waals surface area contributed by atoms with Crippen LogP contribution < -0.4 is 5.84 Å². The molecule has 1 fully saturated rings. The van der Waals surface area contributed by atoms with Crippen LogP contribution in [0.2, 0.25) is 0 Å². The van der Waals surface area contributed by atoms with Crippen LogP contribution in [0.15, 0.2) is 0 Å². The highest BCUT2D eigenvalue weighted by molar-refractivity contribution is 4.75. The largest absolute Gasteiger partial charge is 0.389 e. The molecular formula is C8H19N3O. The molecule has 0 bridgehead atoms. The molecule has 0 saturated carbocycles. The molecule has 0 aromatic carbocycles. The fraction of sp³-hybridized carbons (Fsp3) is 1.00. The Morgan fingerprint density at radius 1 is 1.25 bits per heavy atom. The lowest BCUT2D eigenvalue weighted by Crippen LogP contribution is -2.52. The SMILES string of the molecule is CC(C)(O)CN1CCN(N)CC1. The number of hydrazine groups is 1. The zero-order valence-electron chi connectivity index (χ0n) is 7.95. The smallest absolute Gasteiger partial charge is 0.0718 e. The third-order valence-electron chi connectivity index (χ3n) is 2.02. The minimum Gasteiger partial charge on any atom is -0.389 e. The van der Waals surface area contributed by atoms with Gasteiger partial charge >= 0.3 is 0 Å². The molecule has 0 atom stereocenters. The van der Waals surface area contributed by atoms with Crippen LogP contribution in [0.4, 0.5) is 0 Å². The summed E-state index contributed by atoms with van der Waals surface area (Å²) in [5.74, 6) is 5.60. The molecule has 3 N–H and O–H groups in total. The van der Waals surface area contributed by atoms with Crippen molar-refractivity contribution in [1.82, 2.24) is 9.91 Å². The molecule has 4 nitrogen and oxygen atoms in total. The van der Waals surface area contributed by atoms with E-state index in [2.05, 4.69) is 4.90 Å². The van der Waals surface area contributed by atoms with Crippen LogP contribution in [-0.4, -0.2) is 53.3 Å². The maximum Gasteiger partial charge on any atom is 0.0718 e. The van der Waals surface area contributed by atoms with Gasteiger partial charge in [-0.05, 0) is 13.8 Å². The van der Waals surface area contributed by atoms with Gasteiger partial charge in [0.1, 0.15) is 0 Å². The zero-order valence-corrected chi connectivity index (χ0v) is 7.95. The van der Waals surface area contributed by atoms with Crippen LogP contribution >= 0.6 is 0 Å². The number of β-amino-alcohol motifs (C(OH)–C–C–N with tert-alkyl or cyclic N) is 1. The molecule has 0 unspecified atom stereocenters. The molecular weight excluding hydrogens is 154 g/mol. The molecule has 0 radical (unpaired) electrons. The number of piperazine rings is 1. The Kier molecular flexibility index (Phi) is 3.06. The Balaban J connectivity index is 2.26. The van der Waals surface area contributed by atoms with Gasteiger partial charge < -0.3 is 5.11 Å². The van der Waals surface area contributed by atoms with Crippen molar-refractivity contribution in [2.45, 2.75) is 19.4 Å². The van der Waals surface area contributed by atoms with E-state index in [0.717, 1.165) is 32.7 Å². The number of nitrogens with two attached hydrogens (primary N) is 1. The highest BCUT2D eigenvalue weighted by Crippen LogP contribution is 2.06. The number of hydrogen-bond acceptors (Lipinski definition) is 4. The van der Waals surface area contributed by atoms with E-state index in [1.165, 1.54) is 0 Å². The molecule has 0 aromatic rings. The van der Waals surface area contributed by atoms with Crippen LogP contribution in [0.3, 0.4) is 0 Å². The average molecular weight is 173 g/mol. The van der Waals surface area contributed by atoms with Crippen LogP contribution in [-0.2, 0) is 0 Å². The molecule has 4 heteroatoms. The van der Waals surface area contributed by atoms with E-state index in [1.807, 2.05) is 18.9 Å². The van der Waals surface area contributed by atoms with Gasteiger partial charge in [-0.25, -0.2) is 5.01 Å². The highest BCUT2D eigenvalue weighted by Gasteiger charge is 2.21. The summed E-state index contributed by atoms with van der Waals surface area (Å²) in [6.45, 7) is 8.12. The van der Waals surface area contributed by atoms with Crippen LogP contribution in [0.25, 0.3) is 0 Å². The summed E-state index contributed by atoms with van der Waals surface area (Å²) in [7, 11) is 0. The van der Waals surface area contributed by atoms with E-state index < -0.39 is 5.60 Å². The fourth-order valence-electron chi connectivity index (χ4n) is 1.47. The van der Waals surface area contributed by atoms with Crippen molar-refractivity contribution >= 4 is 0 Å². The minimum atomic E-state index is -0.587. The third kappa shape index (κ3) is 3.49. The molecule has 1 aliphatic rings. The quantitative estimate of drug-likeness (QED) is 0.539. The van der Waals surface area contributed by atoms with Gasteiger partial charge in [-0.2, -0.15) is 0 Å². The van der Waals surface area contributed by atoms with E-state index in [4.69, 9.17) is 5.84 Å². The van der Waals surface area contributed by atoms with Crippen molar-refractivity contribution < 1.29 is 5.11 Å². The summed E-state index contributed by atoms with van der Waals surface area (Å²) in [6.07, 6.45) is 0. The summed E-state index contributed by atoms with van der Waals surface area (Å²) in [5, 5.41) is 11.4. The Labute approximate surface area is 73.9 Å². The van der Waals surface area contributed by atoms with E-state index in [-0.39, 0.29) is 0 Å². The maximum absolute atomic E-state index is 9.55. The number of aliphatic hydroxyl groups is 1. The third-order valence-corrected chi connectivity index (χ3v) is 2.02. The summed E-state index contributed by atoms with van der Waals surface area (Å²) in [4.78, 5) is 2.24. The number of hydrogen-bond donors (Lipinski definition) is 2. The summed E-state index contributed by atoms with van der Waals surface area (Å²) < 4.78 is 0. The lowest BCUT2D eigenvalue weighted by atomic mass is 10.1. The highest BCUT2D eigenvalue weighted by atomic mass is 16.3. The van der Waals surface area contributed by atoms with Crippen molar-refractivity contribution in [3.05, 3.63) is 0 Å². The molecule has 1 saturated heterocycles. The Morgan fingerprint density at radius 3 is 2.17 bits per heavy atom. The standard InChI is InChI=1S/C8H19N3O/c1-8(2,12)7-10-3-5-11(9)6-4-10/h12H,3-7,9H2,1-2H3. The van der Waals surface area contributed by atoms with E-state index >= 15 is 0 Å². The molecule has 1 aliphatic heterocycles. The second-order valence-electron chi connectivity index (χ2n) is 4.12. The Hall–Kier alpha value is -0.160. The summed E-state index contributed by atoms with van der Waals surface area (Å²) in [5.41, 5.74) is -0.587. The molecule has 0 amide bonds. The Bertz CT molecular complexity index is 136. The van der Waals surface area contributed by atoms with E-state index in [0.29, 0.717) is 0 Å². The normalized spacial score (nSPS) is 23.0. The number of nitrogens with zero attached hydrogens (tertiary/aromatic N) is 2. The Morgan fingerprint density at radius 2 is 1.75 bits per heavy atom. The van der Waals surface area contributed by atoms with E-state index in [1.54, 1.807) is 0 Å². The molecule has 1 heterocycles. The first-order chi connectivity index (χ1) is 5.47. The second kappa shape index (κ2) is 3.70. The summed E-state index contributed by atoms with van der Waals surface area (Å²) >= 11 is 0. The predicted octanol–water partition coefficient (Wildman–Crippen LogP) is -0.751. The predicted molar refractivity (Wildman–Crippen MR) is 48.5 cm³/mol. The first-order valence-electron chi connectivity index (χ1n) is 4.42. The monoisotopic (exact) mass is 173 g/mol. The van der Waals surface area contributed by atoms with Crippen LogP contribution in [0, 0.1) is 0 Å². The maximum atomic E-state index is 9.55. The van der Waals surface area contributed by atoms with Gasteiger partial charge in [0.25, 0.3) is 0 Å². The fourth-order valence-corrected chi connectivity index (χ4v) is 1.47. The second-order valence-corrected chi connectivity index (χ2v) is 4.12. The topological polar surface area (TPSA) is 52.7 Å². The number of rotatable bonds is 2. The van der Waals surface area contributed by atoms with Crippen molar-refractivity contribution in [2.24, 2.45) is 5.84 Å². The van der Waals surface area contributed by atoms with Gasteiger partial charge in [0.05, 0.1) is 5.60 Å². The van der Waals surface area contributed by atoms with Crippen LogP contribution in [0.1, 0.15) is 13.8 Å². The lowest BCUT2D eigenvalue weighted by Gasteiger charge is -2.35. The first kappa shape index (κ1) is 9.92. The molecule has 0 aliphatic carbocycles. The van der Waals surface area contributed by atoms with Gasteiger partial charge in [-0.3, -0.25) is 10.7 Å². The van der Waals surface area contributed by atoms with Crippen molar-refractivity contribution in [3.8, 4) is 0 Å². The van der Waals surface area contributed by atoms with E-state index in [9.17, 15) is 5.11 Å². The van der Waals surface area contributed by atoms with Gasteiger partial charge in [0.2, 0.25) is 0 Å². The van der Waals surface area contributed by atoms with Gasteiger partial charge in [-0.1, -0.05) is 0 Å². The zero-order chi connectivity index (χ0) is 9.19. The average Bonchev–Trinajstić information content (AvgIpc) is 1.91. The molecule has 12 heavy (non-hydrogen) atoms. The van der Waals surface area contributed by atoms with Crippen LogP contribution in [0.5, 0.6) is 0 Å². The molecule has 0 aromatic heterocycles. The molecule has 72 valence electrons. The minimum absolute atomic E-state index is 0.587. The first-order valence-corrected chi connectivity index (χ1v) is 4.42. The van der Waals surface area contributed by atoms with Gasteiger partial charge in [0.15, 0.2) is 0 Å². The van der Waals surface area contributed by atoms with Gasteiger partial charge in [-0.15, -0.1) is 0 Å². The molecule has 0 spiro atoms.